The quantitative estimate of drug-likeness (QED) is 0.696. The average molecular weight is 361 g/mol. The monoisotopic (exact) mass is 361 g/mol. The average Bonchev–Trinajstić information content (AvgIpc) is 3.38. The van der Waals surface area contributed by atoms with Gasteiger partial charge in [0.25, 0.3) is 0 Å². The number of aryl methyl sites for hydroxylation is 1. The number of ether oxygens (including phenoxy) is 2. The van der Waals surface area contributed by atoms with Crippen LogP contribution in [0.5, 0.6) is 11.9 Å². The first-order valence-corrected chi connectivity index (χ1v) is 8.09. The maximum Gasteiger partial charge on any atom is 0.319 e. The summed E-state index contributed by atoms with van der Waals surface area (Å²) in [5.74, 6) is -0.519. The molecule has 0 amide bonds. The number of pyridine rings is 1. The van der Waals surface area contributed by atoms with Crippen LogP contribution in [-0.2, 0) is 7.05 Å². The minimum Gasteiger partial charge on any atom is -0.480 e. The number of methoxy groups -OCH3 is 2. The van der Waals surface area contributed by atoms with Crippen LogP contribution in [0.1, 0.15) is 17.9 Å². The zero-order valence-electron chi connectivity index (χ0n) is 14.5. The lowest BCUT2D eigenvalue weighted by atomic mass is 10.0. The Morgan fingerprint density at radius 3 is 2.65 bits per heavy atom. The fourth-order valence-corrected chi connectivity index (χ4v) is 3.21. The van der Waals surface area contributed by atoms with E-state index in [0.29, 0.717) is 29.2 Å². The molecular formula is C17H17F2N5O2. The zero-order chi connectivity index (χ0) is 18.4. The van der Waals surface area contributed by atoms with E-state index in [0.717, 1.165) is 10.9 Å². The van der Waals surface area contributed by atoms with Crippen molar-refractivity contribution in [3.8, 4) is 23.1 Å². The molecule has 1 aliphatic carbocycles. The van der Waals surface area contributed by atoms with Crippen molar-refractivity contribution in [3.63, 3.8) is 0 Å². The number of alkyl halides is 2. The van der Waals surface area contributed by atoms with E-state index in [1.807, 2.05) is 6.07 Å². The van der Waals surface area contributed by atoms with Crippen LogP contribution in [0.25, 0.3) is 22.3 Å². The van der Waals surface area contributed by atoms with E-state index in [1.165, 1.54) is 14.2 Å². The highest BCUT2D eigenvalue weighted by atomic mass is 19.3. The lowest BCUT2D eigenvalue weighted by Crippen LogP contribution is -2.01. The Hall–Kier alpha value is -2.84. The molecule has 0 spiro atoms. The molecule has 0 N–H and O–H groups in total. The Balaban J connectivity index is 1.88. The molecule has 1 aliphatic rings. The molecule has 0 saturated heterocycles. The molecule has 3 heterocycles. The minimum atomic E-state index is -2.33. The molecule has 0 radical (unpaired) electrons. The summed E-state index contributed by atoms with van der Waals surface area (Å²) in [5.41, 5.74) is 2.55. The molecule has 1 fully saturated rings. The van der Waals surface area contributed by atoms with Crippen LogP contribution < -0.4 is 9.47 Å². The number of aromatic nitrogens is 5. The van der Waals surface area contributed by atoms with Gasteiger partial charge in [0.15, 0.2) is 5.65 Å². The van der Waals surface area contributed by atoms with Gasteiger partial charge in [0, 0.05) is 24.5 Å². The molecule has 0 aliphatic heterocycles. The summed E-state index contributed by atoms with van der Waals surface area (Å²) < 4.78 is 38.2. The van der Waals surface area contributed by atoms with Crippen molar-refractivity contribution >= 4 is 11.0 Å². The summed E-state index contributed by atoms with van der Waals surface area (Å²) in [4.78, 5) is 12.9. The van der Waals surface area contributed by atoms with Gasteiger partial charge in [0.2, 0.25) is 12.3 Å². The summed E-state index contributed by atoms with van der Waals surface area (Å²) in [6, 6.07) is 1.98. The first-order valence-electron chi connectivity index (χ1n) is 8.09. The molecule has 26 heavy (non-hydrogen) atoms. The van der Waals surface area contributed by atoms with Gasteiger partial charge >= 0.3 is 6.01 Å². The van der Waals surface area contributed by atoms with Crippen molar-refractivity contribution in [1.82, 2.24) is 24.7 Å². The fraction of sp³-hybridized carbons (Fsp3) is 0.412. The molecule has 7 nitrogen and oxygen atoms in total. The van der Waals surface area contributed by atoms with Gasteiger partial charge in [-0.3, -0.25) is 4.68 Å². The van der Waals surface area contributed by atoms with E-state index in [9.17, 15) is 8.78 Å². The Morgan fingerprint density at radius 1 is 1.19 bits per heavy atom. The second kappa shape index (κ2) is 6.15. The third-order valence-corrected chi connectivity index (χ3v) is 4.68. The van der Waals surface area contributed by atoms with Crippen molar-refractivity contribution in [2.75, 3.05) is 14.2 Å². The van der Waals surface area contributed by atoms with Gasteiger partial charge in [-0.2, -0.15) is 10.1 Å². The maximum absolute atomic E-state index is 13.1. The lowest BCUT2D eigenvalue weighted by Gasteiger charge is -2.10. The Labute approximate surface area is 148 Å². The van der Waals surface area contributed by atoms with Crippen LogP contribution in [0, 0.1) is 5.92 Å². The molecule has 0 bridgehead atoms. The highest BCUT2D eigenvalue weighted by Crippen LogP contribution is 2.53. The van der Waals surface area contributed by atoms with Crippen LogP contribution >= 0.6 is 0 Å². The van der Waals surface area contributed by atoms with Gasteiger partial charge in [0.05, 0.1) is 31.7 Å². The van der Waals surface area contributed by atoms with Crippen LogP contribution in [0.4, 0.5) is 8.78 Å². The molecule has 4 rings (SSSR count). The van der Waals surface area contributed by atoms with Gasteiger partial charge in [-0.1, -0.05) is 0 Å². The standard InChI is InChI=1S/C17H17F2N5O2/c1-24-15-11(7-21-24)9(8-4-10(8)14(18)19)5-13(22-15)12-6-20-17(26-3)23-16(12)25-2/h5-8,10,14H,4H2,1-3H3/t8-,10+/m1/s1. The fourth-order valence-electron chi connectivity index (χ4n) is 3.21. The van der Waals surface area contributed by atoms with Crippen molar-refractivity contribution < 1.29 is 18.3 Å². The second-order valence-corrected chi connectivity index (χ2v) is 6.22. The van der Waals surface area contributed by atoms with Crippen molar-refractivity contribution in [2.45, 2.75) is 18.8 Å². The highest BCUT2D eigenvalue weighted by molar-refractivity contribution is 5.84. The van der Waals surface area contributed by atoms with E-state index in [4.69, 9.17) is 9.47 Å². The molecule has 0 aromatic carbocycles. The maximum atomic E-state index is 13.1. The van der Waals surface area contributed by atoms with Crippen LogP contribution in [0.3, 0.4) is 0 Å². The van der Waals surface area contributed by atoms with Crippen molar-refractivity contribution in [2.24, 2.45) is 13.0 Å². The van der Waals surface area contributed by atoms with Gasteiger partial charge in [-0.25, -0.2) is 18.7 Å². The second-order valence-electron chi connectivity index (χ2n) is 6.22. The predicted molar refractivity (Wildman–Crippen MR) is 89.5 cm³/mol. The van der Waals surface area contributed by atoms with E-state index in [1.54, 1.807) is 24.1 Å². The Bertz CT molecular complexity index is 975. The molecule has 0 unspecified atom stereocenters. The number of rotatable bonds is 5. The van der Waals surface area contributed by atoms with Gasteiger partial charge in [-0.15, -0.1) is 0 Å². The number of nitrogens with zero attached hydrogens (tertiary/aromatic N) is 5. The summed E-state index contributed by atoms with van der Waals surface area (Å²) >= 11 is 0. The SMILES string of the molecule is COc1ncc(-c2cc([C@H]3C[C@@H]3C(F)F)c3cnn(C)c3n2)c(OC)n1. The van der Waals surface area contributed by atoms with Gasteiger partial charge < -0.3 is 9.47 Å². The number of hydrogen-bond donors (Lipinski definition) is 0. The lowest BCUT2D eigenvalue weighted by molar-refractivity contribution is 0.120. The summed E-state index contributed by atoms with van der Waals surface area (Å²) in [5, 5.41) is 5.02. The number of halogens is 2. The van der Waals surface area contributed by atoms with Crippen LogP contribution in [0.15, 0.2) is 18.5 Å². The molecule has 1 saturated carbocycles. The minimum absolute atomic E-state index is 0.174. The van der Waals surface area contributed by atoms with E-state index in [-0.39, 0.29) is 11.9 Å². The largest absolute Gasteiger partial charge is 0.480 e. The van der Waals surface area contributed by atoms with E-state index < -0.39 is 12.3 Å². The van der Waals surface area contributed by atoms with Crippen LogP contribution in [0.2, 0.25) is 0 Å². The Morgan fingerprint density at radius 2 is 2.00 bits per heavy atom. The summed E-state index contributed by atoms with van der Waals surface area (Å²) in [6.45, 7) is 0. The van der Waals surface area contributed by atoms with Gasteiger partial charge in [-0.05, 0) is 24.0 Å². The van der Waals surface area contributed by atoms with E-state index in [2.05, 4.69) is 20.1 Å². The topological polar surface area (TPSA) is 75.0 Å². The zero-order valence-corrected chi connectivity index (χ0v) is 14.5. The first kappa shape index (κ1) is 16.6. The van der Waals surface area contributed by atoms with Crippen LogP contribution in [-0.4, -0.2) is 45.4 Å². The molecule has 2 atom stereocenters. The third-order valence-electron chi connectivity index (χ3n) is 4.68. The van der Waals surface area contributed by atoms with E-state index >= 15 is 0 Å². The molecular weight excluding hydrogens is 344 g/mol. The Kier molecular flexibility index (Phi) is 3.93. The smallest absolute Gasteiger partial charge is 0.319 e. The first-order chi connectivity index (χ1) is 12.5. The third kappa shape index (κ3) is 2.63. The highest BCUT2D eigenvalue weighted by Gasteiger charge is 2.46. The predicted octanol–water partition coefficient (Wildman–Crippen LogP) is 2.81. The van der Waals surface area contributed by atoms with Crippen molar-refractivity contribution in [1.29, 1.82) is 0 Å². The summed E-state index contributed by atoms with van der Waals surface area (Å²) in [7, 11) is 4.72. The number of fused-ring (bicyclic) bond motifs is 1. The van der Waals surface area contributed by atoms with Crippen molar-refractivity contribution in [3.05, 3.63) is 24.0 Å². The molecule has 136 valence electrons. The number of hydrogen-bond acceptors (Lipinski definition) is 6. The molecule has 3 aromatic heterocycles. The van der Waals surface area contributed by atoms with Gasteiger partial charge in [0.1, 0.15) is 0 Å². The molecule has 9 heteroatoms. The summed E-state index contributed by atoms with van der Waals surface area (Å²) in [6.07, 6.45) is 1.35. The normalized spacial score (nSPS) is 19.2. The molecule has 3 aromatic rings.